The number of halogens is 2. The molecule has 0 heterocycles. The molecule has 1 aliphatic rings. The lowest BCUT2D eigenvalue weighted by Gasteiger charge is -2.35. The van der Waals surface area contributed by atoms with Gasteiger partial charge in [-0.25, -0.2) is 0 Å². The van der Waals surface area contributed by atoms with Gasteiger partial charge in [-0.05, 0) is 88.7 Å². The van der Waals surface area contributed by atoms with E-state index in [1.165, 1.54) is 44.2 Å². The minimum absolute atomic E-state index is 0.339. The lowest BCUT2D eigenvalue weighted by Crippen LogP contribution is -2.18. The number of rotatable bonds is 2. The standard InChI is InChI=1S/C27H22Cl2/c1-16-3-5-20-6-4-17(2)26-24(19-9-13-22(29)14-10-19)15-23(25(16)27(20)26)18-7-11-21(28)12-8-18/h3-14,23-24H,15H2,1-2H3/t23-,24-/m0/s1. The van der Waals surface area contributed by atoms with E-state index >= 15 is 0 Å². The zero-order valence-electron chi connectivity index (χ0n) is 16.5. The third-order valence-corrected chi connectivity index (χ3v) is 6.92. The molecule has 0 radical (unpaired) electrons. The molecule has 4 aromatic rings. The summed E-state index contributed by atoms with van der Waals surface area (Å²) in [5.74, 6) is 0.678. The van der Waals surface area contributed by atoms with Crippen molar-refractivity contribution in [3.05, 3.63) is 116 Å². The zero-order chi connectivity index (χ0) is 20.1. The van der Waals surface area contributed by atoms with Crippen molar-refractivity contribution in [2.75, 3.05) is 0 Å². The van der Waals surface area contributed by atoms with Crippen LogP contribution >= 0.6 is 23.2 Å². The number of hydrogen-bond acceptors (Lipinski definition) is 0. The first-order valence-electron chi connectivity index (χ1n) is 10.1. The Hall–Kier alpha value is -2.28. The van der Waals surface area contributed by atoms with Crippen molar-refractivity contribution in [1.29, 1.82) is 0 Å². The molecule has 0 aromatic heterocycles. The first kappa shape index (κ1) is 18.7. The monoisotopic (exact) mass is 416 g/mol. The largest absolute Gasteiger partial charge is 0.0843 e. The summed E-state index contributed by atoms with van der Waals surface area (Å²) >= 11 is 12.4. The highest BCUT2D eigenvalue weighted by molar-refractivity contribution is 6.30. The molecule has 0 amide bonds. The molecule has 144 valence electrons. The Bertz CT molecular complexity index is 1110. The Labute approximate surface area is 182 Å². The molecule has 0 unspecified atom stereocenters. The van der Waals surface area contributed by atoms with Crippen LogP contribution in [0.2, 0.25) is 10.0 Å². The summed E-state index contributed by atoms with van der Waals surface area (Å²) in [5.41, 5.74) is 8.31. The van der Waals surface area contributed by atoms with E-state index in [-0.39, 0.29) is 0 Å². The quantitative estimate of drug-likeness (QED) is 0.307. The molecular formula is C27H22Cl2. The lowest BCUT2D eigenvalue weighted by atomic mass is 9.68. The van der Waals surface area contributed by atoms with Crippen LogP contribution in [-0.2, 0) is 0 Å². The molecule has 2 heteroatoms. The third kappa shape index (κ3) is 3.16. The van der Waals surface area contributed by atoms with E-state index in [0.717, 1.165) is 16.5 Å². The van der Waals surface area contributed by atoms with Crippen LogP contribution < -0.4 is 0 Å². The van der Waals surface area contributed by atoms with Crippen molar-refractivity contribution < 1.29 is 0 Å². The first-order valence-corrected chi connectivity index (χ1v) is 10.8. The summed E-state index contributed by atoms with van der Waals surface area (Å²) in [7, 11) is 0. The van der Waals surface area contributed by atoms with Crippen LogP contribution in [0.5, 0.6) is 0 Å². The van der Waals surface area contributed by atoms with Gasteiger partial charge in [0.15, 0.2) is 0 Å². The zero-order valence-corrected chi connectivity index (χ0v) is 18.1. The van der Waals surface area contributed by atoms with Crippen molar-refractivity contribution in [2.24, 2.45) is 0 Å². The maximum atomic E-state index is 6.19. The highest BCUT2D eigenvalue weighted by atomic mass is 35.5. The molecule has 0 aliphatic heterocycles. The van der Waals surface area contributed by atoms with Gasteiger partial charge in [0, 0.05) is 21.9 Å². The van der Waals surface area contributed by atoms with E-state index in [1.54, 1.807) is 0 Å². The van der Waals surface area contributed by atoms with E-state index in [0.29, 0.717) is 11.8 Å². The van der Waals surface area contributed by atoms with Crippen molar-refractivity contribution in [3.63, 3.8) is 0 Å². The van der Waals surface area contributed by atoms with E-state index in [9.17, 15) is 0 Å². The molecule has 0 spiro atoms. The minimum Gasteiger partial charge on any atom is -0.0843 e. The predicted molar refractivity (Wildman–Crippen MR) is 125 cm³/mol. The molecule has 4 aromatic carbocycles. The van der Waals surface area contributed by atoms with Gasteiger partial charge in [-0.15, -0.1) is 0 Å². The number of benzene rings is 4. The Morgan fingerprint density at radius 3 is 1.41 bits per heavy atom. The van der Waals surface area contributed by atoms with Gasteiger partial charge in [0.25, 0.3) is 0 Å². The van der Waals surface area contributed by atoms with Gasteiger partial charge in [0.2, 0.25) is 0 Å². The molecule has 29 heavy (non-hydrogen) atoms. The van der Waals surface area contributed by atoms with Crippen LogP contribution in [-0.4, -0.2) is 0 Å². The second kappa shape index (κ2) is 7.20. The summed E-state index contributed by atoms with van der Waals surface area (Å²) < 4.78 is 0. The normalized spacial score (nSPS) is 18.2. The van der Waals surface area contributed by atoms with Crippen LogP contribution in [0.25, 0.3) is 10.8 Å². The summed E-state index contributed by atoms with van der Waals surface area (Å²) in [6.45, 7) is 4.48. The van der Waals surface area contributed by atoms with Crippen molar-refractivity contribution >= 4 is 34.0 Å². The van der Waals surface area contributed by atoms with E-state index < -0.39 is 0 Å². The Balaban J connectivity index is 1.82. The van der Waals surface area contributed by atoms with Gasteiger partial charge in [-0.1, -0.05) is 71.7 Å². The maximum Gasteiger partial charge on any atom is 0.0406 e. The van der Waals surface area contributed by atoms with Gasteiger partial charge in [-0.2, -0.15) is 0 Å². The van der Waals surface area contributed by atoms with Crippen LogP contribution in [0.4, 0.5) is 0 Å². The third-order valence-electron chi connectivity index (χ3n) is 6.42. The van der Waals surface area contributed by atoms with Crippen LogP contribution in [0.1, 0.15) is 51.6 Å². The Morgan fingerprint density at radius 1 is 0.586 bits per heavy atom. The van der Waals surface area contributed by atoms with Crippen LogP contribution in [0.15, 0.2) is 72.8 Å². The average Bonchev–Trinajstić information content (AvgIpc) is 2.73. The first-order chi connectivity index (χ1) is 14.0. The SMILES string of the molecule is Cc1ccc2ccc(C)c3c2c1[C@H](c1ccc(Cl)cc1)C[C@H]3c1ccc(Cl)cc1. The molecule has 0 saturated heterocycles. The Morgan fingerprint density at radius 2 is 1.00 bits per heavy atom. The molecule has 5 rings (SSSR count). The molecule has 2 atom stereocenters. The fraction of sp³-hybridized carbons (Fsp3) is 0.185. The maximum absolute atomic E-state index is 6.19. The highest BCUT2D eigenvalue weighted by Crippen LogP contribution is 2.50. The lowest BCUT2D eigenvalue weighted by molar-refractivity contribution is 0.628. The summed E-state index contributed by atoms with van der Waals surface area (Å²) in [6, 6.07) is 25.8. The fourth-order valence-corrected chi connectivity index (χ4v) is 5.30. The number of aryl methyl sites for hydroxylation is 2. The fourth-order valence-electron chi connectivity index (χ4n) is 5.05. The van der Waals surface area contributed by atoms with Crippen LogP contribution in [0, 0.1) is 13.8 Å². The summed E-state index contributed by atoms with van der Waals surface area (Å²) in [4.78, 5) is 0. The van der Waals surface area contributed by atoms with E-state index in [1.807, 2.05) is 24.3 Å². The van der Waals surface area contributed by atoms with Crippen molar-refractivity contribution in [3.8, 4) is 0 Å². The molecule has 0 bridgehead atoms. The van der Waals surface area contributed by atoms with E-state index in [4.69, 9.17) is 23.2 Å². The number of hydrogen-bond donors (Lipinski definition) is 0. The topological polar surface area (TPSA) is 0 Å². The minimum atomic E-state index is 0.339. The Kier molecular flexibility index (Phi) is 4.65. The summed E-state index contributed by atoms with van der Waals surface area (Å²) in [6.07, 6.45) is 1.04. The average molecular weight is 417 g/mol. The van der Waals surface area contributed by atoms with Gasteiger partial charge in [0.1, 0.15) is 0 Å². The van der Waals surface area contributed by atoms with E-state index in [2.05, 4.69) is 62.4 Å². The smallest absolute Gasteiger partial charge is 0.0406 e. The molecular weight excluding hydrogens is 395 g/mol. The molecule has 0 nitrogen and oxygen atoms in total. The second-order valence-electron chi connectivity index (χ2n) is 8.13. The highest BCUT2D eigenvalue weighted by Gasteiger charge is 2.32. The van der Waals surface area contributed by atoms with Gasteiger partial charge < -0.3 is 0 Å². The second-order valence-corrected chi connectivity index (χ2v) is 9.01. The molecule has 1 aliphatic carbocycles. The predicted octanol–water partition coefficient (Wildman–Crippen LogP) is 8.43. The van der Waals surface area contributed by atoms with Gasteiger partial charge >= 0.3 is 0 Å². The van der Waals surface area contributed by atoms with Gasteiger partial charge in [0.05, 0.1) is 0 Å². The molecule has 0 fully saturated rings. The van der Waals surface area contributed by atoms with Crippen LogP contribution in [0.3, 0.4) is 0 Å². The van der Waals surface area contributed by atoms with Gasteiger partial charge in [-0.3, -0.25) is 0 Å². The molecule has 0 N–H and O–H groups in total. The summed E-state index contributed by atoms with van der Waals surface area (Å²) in [5, 5.41) is 4.31. The molecule has 0 saturated carbocycles. The van der Waals surface area contributed by atoms with Crippen molar-refractivity contribution in [1.82, 2.24) is 0 Å². The van der Waals surface area contributed by atoms with Crippen molar-refractivity contribution in [2.45, 2.75) is 32.1 Å².